The van der Waals surface area contributed by atoms with Crippen LogP contribution in [0.5, 0.6) is 5.75 Å². The molecule has 0 atom stereocenters. The number of pyridine rings is 1. The molecule has 3 heterocycles. The largest absolute Gasteiger partial charge is 0.495 e. The number of fused-ring (bicyclic) bond motifs is 1. The van der Waals surface area contributed by atoms with Crippen LogP contribution in [0.1, 0.15) is 20.9 Å². The number of benzene rings is 2. The number of hydrogen-bond donors (Lipinski definition) is 1. The van der Waals surface area contributed by atoms with E-state index in [4.69, 9.17) is 9.72 Å². The number of aromatic nitrogens is 3. The van der Waals surface area contributed by atoms with Gasteiger partial charge in [-0.3, -0.25) is 4.79 Å². The smallest absolute Gasteiger partial charge is 0.267 e. The molecule has 0 saturated carbocycles. The summed E-state index contributed by atoms with van der Waals surface area (Å²) < 4.78 is 7.48. The van der Waals surface area contributed by atoms with Gasteiger partial charge < -0.3 is 14.5 Å². The molecule has 0 fully saturated rings. The zero-order valence-electron chi connectivity index (χ0n) is 18.5. The standard InChI is InChI=1S/C26H22N4O2S/c1-16-11-12-30-15-21(28-23(30)13-16)19-9-10-22(32-3)20(14-19)29-25(31)24-17(2)27-26(33-24)18-7-5-4-6-8-18/h4-15H,1-3H3,(H,29,31). The number of ether oxygens (including phenoxy) is 1. The molecule has 0 bridgehead atoms. The Morgan fingerprint density at radius 3 is 2.61 bits per heavy atom. The van der Waals surface area contributed by atoms with Gasteiger partial charge in [0, 0.05) is 23.5 Å². The van der Waals surface area contributed by atoms with Gasteiger partial charge in [-0.2, -0.15) is 0 Å². The minimum atomic E-state index is -0.215. The molecule has 1 amide bonds. The summed E-state index contributed by atoms with van der Waals surface area (Å²) in [5.41, 5.74) is 6.01. The number of methoxy groups -OCH3 is 1. The van der Waals surface area contributed by atoms with E-state index in [0.717, 1.165) is 33.0 Å². The van der Waals surface area contributed by atoms with Crippen molar-refractivity contribution in [1.82, 2.24) is 14.4 Å². The van der Waals surface area contributed by atoms with Crippen LogP contribution in [-0.2, 0) is 0 Å². The molecule has 33 heavy (non-hydrogen) atoms. The van der Waals surface area contributed by atoms with Crippen molar-refractivity contribution in [2.45, 2.75) is 13.8 Å². The van der Waals surface area contributed by atoms with Gasteiger partial charge in [-0.25, -0.2) is 9.97 Å². The van der Waals surface area contributed by atoms with E-state index < -0.39 is 0 Å². The fraction of sp³-hybridized carbons (Fsp3) is 0.115. The Kier molecular flexibility index (Phi) is 5.40. The summed E-state index contributed by atoms with van der Waals surface area (Å²) in [6.45, 7) is 3.89. The molecule has 0 spiro atoms. The fourth-order valence-electron chi connectivity index (χ4n) is 3.68. The first-order valence-electron chi connectivity index (χ1n) is 10.5. The van der Waals surface area contributed by atoms with Gasteiger partial charge in [-0.15, -0.1) is 11.3 Å². The minimum Gasteiger partial charge on any atom is -0.495 e. The Hall–Kier alpha value is -3.97. The Labute approximate surface area is 195 Å². The zero-order valence-corrected chi connectivity index (χ0v) is 19.3. The minimum absolute atomic E-state index is 0.215. The molecule has 5 rings (SSSR count). The van der Waals surface area contributed by atoms with Gasteiger partial charge in [-0.1, -0.05) is 30.3 Å². The fourth-order valence-corrected chi connectivity index (χ4v) is 4.65. The Morgan fingerprint density at radius 1 is 1.00 bits per heavy atom. The molecule has 6 nitrogen and oxygen atoms in total. The summed E-state index contributed by atoms with van der Waals surface area (Å²) in [5.74, 6) is 0.366. The number of carbonyl (C=O) groups excluding carboxylic acids is 1. The highest BCUT2D eigenvalue weighted by atomic mass is 32.1. The maximum atomic E-state index is 13.2. The van der Waals surface area contributed by atoms with Crippen molar-refractivity contribution in [1.29, 1.82) is 0 Å². The number of nitrogens with zero attached hydrogens (tertiary/aromatic N) is 3. The van der Waals surface area contributed by atoms with Crippen LogP contribution in [0.15, 0.2) is 73.1 Å². The highest BCUT2D eigenvalue weighted by molar-refractivity contribution is 7.17. The van der Waals surface area contributed by atoms with Crippen molar-refractivity contribution in [3.05, 3.63) is 89.2 Å². The quantitative estimate of drug-likeness (QED) is 0.353. The number of nitrogens with one attached hydrogen (secondary N) is 1. The van der Waals surface area contributed by atoms with Crippen LogP contribution in [0.3, 0.4) is 0 Å². The number of hydrogen-bond acceptors (Lipinski definition) is 5. The molecule has 0 aliphatic rings. The lowest BCUT2D eigenvalue weighted by atomic mass is 10.1. The second kappa shape index (κ2) is 8.52. The summed E-state index contributed by atoms with van der Waals surface area (Å²) in [5, 5.41) is 3.83. The van der Waals surface area contributed by atoms with Gasteiger partial charge in [0.05, 0.1) is 24.2 Å². The summed E-state index contributed by atoms with van der Waals surface area (Å²) in [4.78, 5) is 23.1. The third-order valence-electron chi connectivity index (χ3n) is 5.38. The molecule has 3 aromatic heterocycles. The SMILES string of the molecule is COc1ccc(-c2cn3ccc(C)cc3n2)cc1NC(=O)c1sc(-c2ccccc2)nc1C. The summed E-state index contributed by atoms with van der Waals surface area (Å²) in [7, 11) is 1.59. The Morgan fingerprint density at radius 2 is 1.82 bits per heavy atom. The van der Waals surface area contributed by atoms with Crippen LogP contribution >= 0.6 is 11.3 Å². The van der Waals surface area contributed by atoms with E-state index in [0.29, 0.717) is 22.0 Å². The highest BCUT2D eigenvalue weighted by Crippen LogP contribution is 2.33. The predicted octanol–water partition coefficient (Wildman–Crippen LogP) is 6.00. The van der Waals surface area contributed by atoms with Gasteiger partial charge in [0.25, 0.3) is 5.91 Å². The van der Waals surface area contributed by atoms with E-state index in [9.17, 15) is 4.79 Å². The van der Waals surface area contributed by atoms with Gasteiger partial charge in [0.15, 0.2) is 0 Å². The van der Waals surface area contributed by atoms with Crippen LogP contribution < -0.4 is 10.1 Å². The molecular formula is C26H22N4O2S. The summed E-state index contributed by atoms with van der Waals surface area (Å²) in [6.07, 6.45) is 3.96. The molecular weight excluding hydrogens is 432 g/mol. The first-order chi connectivity index (χ1) is 16.0. The second-order valence-electron chi connectivity index (χ2n) is 7.76. The summed E-state index contributed by atoms with van der Waals surface area (Å²) in [6, 6.07) is 19.6. The predicted molar refractivity (Wildman–Crippen MR) is 132 cm³/mol. The number of aryl methyl sites for hydroxylation is 2. The molecule has 1 N–H and O–H groups in total. The maximum Gasteiger partial charge on any atom is 0.267 e. The Bertz CT molecular complexity index is 1470. The van der Waals surface area contributed by atoms with Crippen LogP contribution in [0.25, 0.3) is 27.5 Å². The number of amides is 1. The molecule has 0 saturated heterocycles. The third-order valence-corrected chi connectivity index (χ3v) is 6.59. The van der Waals surface area contributed by atoms with E-state index in [1.165, 1.54) is 11.3 Å². The normalized spacial score (nSPS) is 11.0. The third kappa shape index (κ3) is 4.10. The van der Waals surface area contributed by atoms with Crippen molar-refractivity contribution in [2.24, 2.45) is 0 Å². The number of anilines is 1. The lowest BCUT2D eigenvalue weighted by molar-refractivity contribution is 0.102. The number of thiazole rings is 1. The van der Waals surface area contributed by atoms with E-state index >= 15 is 0 Å². The van der Waals surface area contributed by atoms with Crippen LogP contribution in [0.2, 0.25) is 0 Å². The highest BCUT2D eigenvalue weighted by Gasteiger charge is 2.18. The first kappa shape index (κ1) is 20.9. The Balaban J connectivity index is 1.46. The zero-order chi connectivity index (χ0) is 22.9. The molecule has 164 valence electrons. The van der Waals surface area contributed by atoms with Crippen LogP contribution in [-0.4, -0.2) is 27.4 Å². The molecule has 0 unspecified atom stereocenters. The van der Waals surface area contributed by atoms with Gasteiger partial charge >= 0.3 is 0 Å². The molecule has 7 heteroatoms. The number of rotatable bonds is 5. The van der Waals surface area contributed by atoms with Crippen molar-refractivity contribution in [2.75, 3.05) is 12.4 Å². The van der Waals surface area contributed by atoms with E-state index in [1.54, 1.807) is 7.11 Å². The first-order valence-corrected chi connectivity index (χ1v) is 11.3. The van der Waals surface area contributed by atoms with Crippen molar-refractivity contribution < 1.29 is 9.53 Å². The van der Waals surface area contributed by atoms with E-state index in [1.807, 2.05) is 91.3 Å². The van der Waals surface area contributed by atoms with Gasteiger partial charge in [0.2, 0.25) is 0 Å². The average molecular weight is 455 g/mol. The molecule has 0 aliphatic heterocycles. The van der Waals surface area contributed by atoms with Gasteiger partial charge in [-0.05, 0) is 49.7 Å². The number of imidazole rings is 1. The lowest BCUT2D eigenvalue weighted by Gasteiger charge is -2.11. The van der Waals surface area contributed by atoms with Gasteiger partial charge in [0.1, 0.15) is 21.3 Å². The average Bonchev–Trinajstić information content (AvgIpc) is 3.43. The van der Waals surface area contributed by atoms with E-state index in [-0.39, 0.29) is 5.91 Å². The summed E-state index contributed by atoms with van der Waals surface area (Å²) >= 11 is 1.38. The van der Waals surface area contributed by atoms with Crippen LogP contribution in [0, 0.1) is 13.8 Å². The van der Waals surface area contributed by atoms with Crippen molar-refractivity contribution in [3.63, 3.8) is 0 Å². The van der Waals surface area contributed by atoms with Crippen molar-refractivity contribution >= 4 is 28.6 Å². The van der Waals surface area contributed by atoms with Crippen LogP contribution in [0.4, 0.5) is 5.69 Å². The molecule has 0 radical (unpaired) electrons. The monoisotopic (exact) mass is 454 g/mol. The second-order valence-corrected chi connectivity index (χ2v) is 8.76. The lowest BCUT2D eigenvalue weighted by Crippen LogP contribution is -2.12. The molecule has 0 aliphatic carbocycles. The maximum absolute atomic E-state index is 13.2. The van der Waals surface area contributed by atoms with Crippen molar-refractivity contribution in [3.8, 4) is 27.6 Å². The topological polar surface area (TPSA) is 68.5 Å². The molecule has 5 aromatic rings. The number of carbonyl (C=O) groups is 1. The molecule has 2 aromatic carbocycles. The van der Waals surface area contributed by atoms with E-state index in [2.05, 4.69) is 10.3 Å².